The van der Waals surface area contributed by atoms with Crippen LogP contribution in [-0.4, -0.2) is 128 Å². The van der Waals surface area contributed by atoms with E-state index >= 15 is 0 Å². The van der Waals surface area contributed by atoms with Crippen LogP contribution >= 0.6 is 0 Å². The van der Waals surface area contributed by atoms with E-state index in [2.05, 4.69) is 0 Å². The Morgan fingerprint density at radius 2 is 0.889 bits per heavy atom. The van der Waals surface area contributed by atoms with Gasteiger partial charge in [0.05, 0.1) is 32.1 Å². The molecule has 0 aliphatic heterocycles. The van der Waals surface area contributed by atoms with Crippen molar-refractivity contribution < 1.29 is 82.9 Å². The first-order valence-electron chi connectivity index (χ1n) is 12.3. The highest BCUT2D eigenvalue weighted by atomic mass is 32.2. The minimum absolute atomic E-state index is 0.00897. The summed E-state index contributed by atoms with van der Waals surface area (Å²) >= 11 is 0. The number of quaternary nitrogens is 1. The average Bonchev–Trinajstić information content (AvgIpc) is 2.78. The molecule has 45 heavy (non-hydrogen) atoms. The lowest BCUT2D eigenvalue weighted by molar-refractivity contribution is -0.840. The van der Waals surface area contributed by atoms with Crippen LogP contribution in [0.4, 0.5) is 61.5 Å². The SMILES string of the molecule is CN(C)CCCNS(=O)(=O)CCC(F)(C(F)(F)F)C(F)(F)F.C[N+](C)([O-])CCCNS(=O)(=O)CCC(F)(C(F)(F)F)C(F)(F)F. The van der Waals surface area contributed by atoms with Gasteiger partial charge in [0.15, 0.2) is 0 Å². The van der Waals surface area contributed by atoms with Gasteiger partial charge in [0.2, 0.25) is 20.0 Å². The first kappa shape index (κ1) is 45.8. The summed E-state index contributed by atoms with van der Waals surface area (Å²) in [6.07, 6.45) is -29.3. The molecule has 0 radical (unpaired) electrons. The number of alkyl halides is 14. The Balaban J connectivity index is 0. The second-order valence-electron chi connectivity index (χ2n) is 10.3. The Morgan fingerprint density at radius 3 is 1.13 bits per heavy atom. The Bertz CT molecular complexity index is 1070. The van der Waals surface area contributed by atoms with Crippen molar-refractivity contribution in [2.24, 2.45) is 0 Å². The quantitative estimate of drug-likeness (QED) is 0.106. The molecule has 0 unspecified atom stereocenters. The fraction of sp³-hybridized carbons (Fsp3) is 1.00. The molecule has 0 aromatic heterocycles. The van der Waals surface area contributed by atoms with E-state index in [0.29, 0.717) is 13.0 Å². The van der Waals surface area contributed by atoms with E-state index in [4.69, 9.17) is 0 Å². The number of nitrogens with one attached hydrogen (secondary N) is 2. The third-order valence-corrected chi connectivity index (χ3v) is 8.30. The van der Waals surface area contributed by atoms with E-state index in [1.807, 2.05) is 4.72 Å². The highest BCUT2D eigenvalue weighted by Crippen LogP contribution is 2.49. The molecule has 274 valence electrons. The topological polar surface area (TPSA) is 119 Å². The van der Waals surface area contributed by atoms with E-state index in [-0.39, 0.29) is 26.1 Å². The minimum atomic E-state index is -6.29. The molecule has 9 nitrogen and oxygen atoms in total. The molecule has 0 fully saturated rings. The van der Waals surface area contributed by atoms with E-state index in [1.54, 1.807) is 23.7 Å². The summed E-state index contributed by atoms with van der Waals surface area (Å²) in [5.41, 5.74) is -11.2. The molecule has 0 aromatic rings. The van der Waals surface area contributed by atoms with Crippen LogP contribution in [0.15, 0.2) is 0 Å². The smallest absolute Gasteiger partial charge is 0.431 e. The molecule has 0 spiro atoms. The summed E-state index contributed by atoms with van der Waals surface area (Å²) in [6, 6.07) is 0. The van der Waals surface area contributed by atoms with Gasteiger partial charge >= 0.3 is 24.7 Å². The lowest BCUT2D eigenvalue weighted by atomic mass is 10.0. The Morgan fingerprint density at radius 1 is 0.600 bits per heavy atom. The van der Waals surface area contributed by atoms with E-state index in [1.165, 1.54) is 14.1 Å². The summed E-state index contributed by atoms with van der Waals surface area (Å²) in [5.74, 6) is -3.32. The summed E-state index contributed by atoms with van der Waals surface area (Å²) in [5, 5.41) is 11.2. The van der Waals surface area contributed by atoms with Crippen LogP contribution in [0.2, 0.25) is 0 Å². The molecule has 0 bridgehead atoms. The number of hydroxylamine groups is 3. The molecule has 0 aliphatic carbocycles. The molecule has 2 N–H and O–H groups in total. The zero-order valence-electron chi connectivity index (χ0n) is 24.1. The van der Waals surface area contributed by atoms with Crippen LogP contribution in [0, 0.1) is 5.21 Å². The van der Waals surface area contributed by atoms with Gasteiger partial charge in [0, 0.05) is 32.4 Å². The molecular weight excluding hydrogens is 706 g/mol. The van der Waals surface area contributed by atoms with Gasteiger partial charge in [-0.25, -0.2) is 35.1 Å². The van der Waals surface area contributed by atoms with Crippen molar-refractivity contribution in [3.63, 3.8) is 0 Å². The third kappa shape index (κ3) is 16.4. The predicted molar refractivity (Wildman–Crippen MR) is 133 cm³/mol. The molecular formula is C20H34F14N4O5S2. The van der Waals surface area contributed by atoms with Crippen LogP contribution in [0.1, 0.15) is 25.7 Å². The zero-order valence-corrected chi connectivity index (χ0v) is 25.7. The molecule has 0 aliphatic rings. The molecule has 0 aromatic carbocycles. The Hall–Kier alpha value is -1.28. The molecule has 0 rings (SSSR count). The summed E-state index contributed by atoms with van der Waals surface area (Å²) in [7, 11) is -3.08. The third-order valence-electron chi connectivity index (χ3n) is 5.53. The molecule has 0 amide bonds. The van der Waals surface area contributed by atoms with Crippen LogP contribution in [0.3, 0.4) is 0 Å². The first-order chi connectivity index (χ1) is 19.5. The standard InChI is InChI=1S/C10H17F7N2O3S.C10H17F7N2O2S/c1-19(2,20)6-3-5-18-23(21,22)7-4-8(11,9(12,13)14)10(15,16)17;1-19(2)6-3-5-18-22(20,21)7-4-8(11,9(12,13)14)10(15,16)17/h18H,3-7H2,1-2H3;18H,3-7H2,1-2H3. The summed E-state index contributed by atoms with van der Waals surface area (Å²) in [4.78, 5) is 1.70. The molecule has 0 atom stereocenters. The van der Waals surface area contributed by atoms with Crippen molar-refractivity contribution >= 4 is 20.0 Å². The van der Waals surface area contributed by atoms with Crippen molar-refractivity contribution in [3.8, 4) is 0 Å². The number of sulfonamides is 2. The predicted octanol–water partition coefficient (Wildman–Crippen LogP) is 4.17. The molecule has 0 heterocycles. The fourth-order valence-electron chi connectivity index (χ4n) is 2.89. The van der Waals surface area contributed by atoms with Gasteiger partial charge in [-0.3, -0.25) is 0 Å². The van der Waals surface area contributed by atoms with Gasteiger partial charge in [0.1, 0.15) is 0 Å². The number of rotatable bonds is 16. The maximum atomic E-state index is 13.3. The van der Waals surface area contributed by atoms with Crippen molar-refractivity contribution in [3.05, 3.63) is 5.21 Å². The Kier molecular flexibility index (Phi) is 16.5. The normalized spacial score (nSPS) is 14.8. The monoisotopic (exact) mass is 740 g/mol. The first-order valence-corrected chi connectivity index (χ1v) is 15.6. The van der Waals surface area contributed by atoms with Gasteiger partial charge in [-0.05, 0) is 27.1 Å². The zero-order chi connectivity index (χ0) is 36.6. The van der Waals surface area contributed by atoms with E-state index in [9.17, 15) is 83.5 Å². The minimum Gasteiger partial charge on any atom is -0.633 e. The van der Waals surface area contributed by atoms with E-state index in [0.717, 1.165) is 0 Å². The largest absolute Gasteiger partial charge is 0.633 e. The summed E-state index contributed by atoms with van der Waals surface area (Å²) < 4.78 is 222. The average molecular weight is 741 g/mol. The number of halogens is 14. The molecule has 25 heteroatoms. The highest BCUT2D eigenvalue weighted by molar-refractivity contribution is 7.89. The maximum Gasteiger partial charge on any atom is 0.431 e. The van der Waals surface area contributed by atoms with Gasteiger partial charge in [-0.15, -0.1) is 0 Å². The molecule has 0 saturated heterocycles. The second kappa shape index (κ2) is 16.2. The van der Waals surface area contributed by atoms with Gasteiger partial charge in [0.25, 0.3) is 11.3 Å². The van der Waals surface area contributed by atoms with E-state index < -0.39 is 85.1 Å². The lowest BCUT2D eigenvalue weighted by Crippen LogP contribution is -2.54. The molecule has 0 saturated carbocycles. The maximum absolute atomic E-state index is 13.3. The van der Waals surface area contributed by atoms with Crippen molar-refractivity contribution in [1.29, 1.82) is 0 Å². The fourth-order valence-corrected chi connectivity index (χ4v) is 5.19. The van der Waals surface area contributed by atoms with Gasteiger partial charge in [-0.2, -0.15) is 52.7 Å². The van der Waals surface area contributed by atoms with Crippen molar-refractivity contribution in [1.82, 2.24) is 14.3 Å². The van der Waals surface area contributed by atoms with Gasteiger partial charge in [-0.1, -0.05) is 0 Å². The Labute approximate surface area is 250 Å². The number of hydrogen-bond acceptors (Lipinski definition) is 6. The van der Waals surface area contributed by atoms with Crippen LogP contribution in [0.5, 0.6) is 0 Å². The van der Waals surface area contributed by atoms with Crippen LogP contribution in [0.25, 0.3) is 0 Å². The number of hydrogen-bond donors (Lipinski definition) is 2. The lowest BCUT2D eigenvalue weighted by Gasteiger charge is -2.33. The number of nitrogens with zero attached hydrogens (tertiary/aromatic N) is 2. The second-order valence-corrected chi connectivity index (χ2v) is 14.2. The van der Waals surface area contributed by atoms with Crippen LogP contribution < -0.4 is 9.44 Å². The van der Waals surface area contributed by atoms with Gasteiger partial charge < -0.3 is 14.8 Å². The van der Waals surface area contributed by atoms with Crippen molar-refractivity contribution in [2.75, 3.05) is 65.9 Å². The van der Waals surface area contributed by atoms with Crippen LogP contribution in [-0.2, 0) is 20.0 Å². The van der Waals surface area contributed by atoms with Crippen molar-refractivity contribution in [2.45, 2.75) is 61.7 Å². The summed E-state index contributed by atoms with van der Waals surface area (Å²) in [6.45, 7) is -0.0945. The highest BCUT2D eigenvalue weighted by Gasteiger charge is 2.73.